The molecule has 1 aliphatic heterocycles. The van der Waals surface area contributed by atoms with E-state index in [9.17, 15) is 17.6 Å². The van der Waals surface area contributed by atoms with Crippen molar-refractivity contribution in [3.05, 3.63) is 40.7 Å². The van der Waals surface area contributed by atoms with E-state index in [1.807, 2.05) is 0 Å². The molecule has 1 unspecified atom stereocenters. The number of nitrogens with zero attached hydrogens (tertiary/aromatic N) is 1. The molecule has 0 saturated carbocycles. The van der Waals surface area contributed by atoms with Crippen LogP contribution in [0.3, 0.4) is 0 Å². The predicted octanol–water partition coefficient (Wildman–Crippen LogP) is 4.95. The molecule has 0 bridgehead atoms. The number of rotatable bonds is 2. The fourth-order valence-electron chi connectivity index (χ4n) is 2.16. The van der Waals surface area contributed by atoms with Gasteiger partial charge in [-0.2, -0.15) is 13.2 Å². The molecule has 0 radical (unpaired) electrons. The van der Waals surface area contributed by atoms with Crippen molar-refractivity contribution in [2.24, 2.45) is 0 Å². The fraction of sp³-hybridized carbons (Fsp3) is 0.308. The molecule has 2 nitrogen and oxygen atoms in total. The van der Waals surface area contributed by atoms with Crippen molar-refractivity contribution in [1.29, 1.82) is 0 Å². The van der Waals surface area contributed by atoms with Crippen LogP contribution in [0.4, 0.5) is 22.7 Å². The molecule has 8 heteroatoms. The van der Waals surface area contributed by atoms with Crippen LogP contribution < -0.4 is 5.32 Å². The Kier molecular flexibility index (Phi) is 3.83. The maximum Gasteiger partial charge on any atom is 0.427 e. The van der Waals surface area contributed by atoms with E-state index in [1.54, 1.807) is 12.1 Å². The molecule has 21 heavy (non-hydrogen) atoms. The van der Waals surface area contributed by atoms with Crippen molar-refractivity contribution in [1.82, 2.24) is 4.98 Å². The molecule has 1 N–H and O–H groups in total. The summed E-state index contributed by atoms with van der Waals surface area (Å²) in [6, 6.07) is 4.57. The van der Waals surface area contributed by atoms with Gasteiger partial charge in [0.25, 0.3) is 0 Å². The zero-order valence-electron chi connectivity index (χ0n) is 10.6. The third kappa shape index (κ3) is 3.01. The highest BCUT2D eigenvalue weighted by molar-refractivity contribution is 7.99. The van der Waals surface area contributed by atoms with E-state index in [0.29, 0.717) is 28.4 Å². The first-order chi connectivity index (χ1) is 9.95. The van der Waals surface area contributed by atoms with Gasteiger partial charge in [0.15, 0.2) is 5.13 Å². The Morgan fingerprint density at radius 3 is 2.81 bits per heavy atom. The number of alkyl halides is 3. The lowest BCUT2D eigenvalue weighted by atomic mass is 10.0. The van der Waals surface area contributed by atoms with Crippen LogP contribution in [0, 0.1) is 5.82 Å². The normalized spacial score (nSPS) is 18.4. The molecule has 1 aliphatic rings. The van der Waals surface area contributed by atoms with E-state index in [1.165, 1.54) is 17.8 Å². The van der Waals surface area contributed by atoms with Gasteiger partial charge in [-0.1, -0.05) is 23.5 Å². The van der Waals surface area contributed by atoms with Crippen molar-refractivity contribution in [2.45, 2.75) is 23.5 Å². The van der Waals surface area contributed by atoms with E-state index in [4.69, 9.17) is 0 Å². The average Bonchev–Trinajstić information content (AvgIpc) is 2.89. The van der Waals surface area contributed by atoms with E-state index in [-0.39, 0.29) is 17.0 Å². The zero-order valence-corrected chi connectivity index (χ0v) is 12.2. The summed E-state index contributed by atoms with van der Waals surface area (Å²) in [4.78, 5) is 3.58. The molecule has 3 rings (SSSR count). The minimum Gasteiger partial charge on any atom is -0.355 e. The van der Waals surface area contributed by atoms with Gasteiger partial charge in [-0.15, -0.1) is 11.8 Å². The number of benzene rings is 1. The number of aromatic nitrogens is 1. The Morgan fingerprint density at radius 2 is 2.10 bits per heavy atom. The molecule has 2 aromatic rings. The number of hydrogen-bond acceptors (Lipinski definition) is 4. The van der Waals surface area contributed by atoms with Crippen LogP contribution in [-0.2, 0) is 6.18 Å². The summed E-state index contributed by atoms with van der Waals surface area (Å²) >= 11 is 1.99. The largest absolute Gasteiger partial charge is 0.427 e. The van der Waals surface area contributed by atoms with E-state index >= 15 is 0 Å². The van der Waals surface area contributed by atoms with Crippen molar-refractivity contribution < 1.29 is 17.6 Å². The molecule has 1 aromatic carbocycles. The minimum atomic E-state index is -4.38. The van der Waals surface area contributed by atoms with Crippen LogP contribution in [0.15, 0.2) is 29.3 Å². The maximum atomic E-state index is 13.7. The second-order valence-corrected chi connectivity index (χ2v) is 6.66. The van der Waals surface area contributed by atoms with E-state index in [2.05, 4.69) is 10.3 Å². The molecule has 1 aromatic heterocycles. The number of fused-ring (bicyclic) bond motifs is 1. The van der Waals surface area contributed by atoms with Crippen LogP contribution in [0.5, 0.6) is 0 Å². The van der Waals surface area contributed by atoms with Crippen LogP contribution in [0.25, 0.3) is 0 Å². The van der Waals surface area contributed by atoms with Gasteiger partial charge in [0.05, 0.1) is 12.2 Å². The number of hydrogen-bond donors (Lipinski definition) is 1. The molecule has 0 saturated heterocycles. The number of anilines is 1. The highest BCUT2D eigenvalue weighted by Gasteiger charge is 2.33. The van der Waals surface area contributed by atoms with Crippen LogP contribution in [0.2, 0.25) is 0 Å². The first-order valence-corrected chi connectivity index (χ1v) is 7.96. The lowest BCUT2D eigenvalue weighted by molar-refractivity contribution is -0.134. The van der Waals surface area contributed by atoms with Crippen molar-refractivity contribution in [2.75, 3.05) is 11.1 Å². The quantitative estimate of drug-likeness (QED) is 0.787. The lowest BCUT2D eigenvalue weighted by Gasteiger charge is -2.25. The Labute approximate surface area is 126 Å². The third-order valence-corrected chi connectivity index (χ3v) is 5.24. The van der Waals surface area contributed by atoms with Crippen LogP contribution >= 0.6 is 23.1 Å². The number of thioether (sulfide) groups is 1. The maximum absolute atomic E-state index is 13.7. The van der Waals surface area contributed by atoms with Crippen LogP contribution in [-0.4, -0.2) is 10.7 Å². The number of thiazole rings is 1. The van der Waals surface area contributed by atoms with E-state index < -0.39 is 11.1 Å². The smallest absolute Gasteiger partial charge is 0.355 e. The molecule has 0 amide bonds. The third-order valence-electron chi connectivity index (χ3n) is 3.11. The predicted molar refractivity (Wildman–Crippen MR) is 75.2 cm³/mol. The summed E-state index contributed by atoms with van der Waals surface area (Å²) in [5, 5.41) is 3.19. The van der Waals surface area contributed by atoms with Gasteiger partial charge in [0, 0.05) is 10.6 Å². The Hall–Kier alpha value is -1.28. The fourth-order valence-corrected chi connectivity index (χ4v) is 4.03. The number of nitrogens with one attached hydrogen (secondary N) is 1. The van der Waals surface area contributed by atoms with Gasteiger partial charge < -0.3 is 5.32 Å². The molecule has 2 heterocycles. The molecule has 0 aliphatic carbocycles. The van der Waals surface area contributed by atoms with Crippen molar-refractivity contribution in [3.8, 4) is 0 Å². The molecule has 0 spiro atoms. The Bertz CT molecular complexity index is 654. The highest BCUT2D eigenvalue weighted by Crippen LogP contribution is 2.41. The monoisotopic (exact) mass is 334 g/mol. The van der Waals surface area contributed by atoms with Crippen molar-refractivity contribution in [3.63, 3.8) is 0 Å². The molecule has 1 atom stereocenters. The summed E-state index contributed by atoms with van der Waals surface area (Å²) in [5.74, 6) is 0.419. The van der Waals surface area contributed by atoms with Gasteiger partial charge in [-0.3, -0.25) is 0 Å². The van der Waals surface area contributed by atoms with Gasteiger partial charge >= 0.3 is 6.18 Å². The average molecular weight is 334 g/mol. The molecule has 0 fully saturated rings. The van der Waals surface area contributed by atoms with E-state index in [0.717, 1.165) is 11.8 Å². The topological polar surface area (TPSA) is 24.9 Å². The summed E-state index contributed by atoms with van der Waals surface area (Å²) in [5.41, 5.74) is 0.773. The standard InChI is InChI=1S/C13H10F4N2S2/c14-8-3-1-2-7-9(4-5-20-11(7)8)19-12-18-6-10(21-12)13(15,16)17/h1-3,6,9H,4-5H2,(H,18,19). The summed E-state index contributed by atoms with van der Waals surface area (Å²) < 4.78 is 51.4. The van der Waals surface area contributed by atoms with Crippen LogP contribution in [0.1, 0.15) is 22.9 Å². The minimum absolute atomic E-state index is 0.203. The van der Waals surface area contributed by atoms with Gasteiger partial charge in [0.2, 0.25) is 0 Å². The second kappa shape index (κ2) is 5.49. The highest BCUT2D eigenvalue weighted by atomic mass is 32.2. The van der Waals surface area contributed by atoms with Gasteiger partial charge in [-0.25, -0.2) is 9.37 Å². The summed E-state index contributed by atoms with van der Waals surface area (Å²) in [7, 11) is 0. The van der Waals surface area contributed by atoms with Crippen molar-refractivity contribution >= 4 is 28.2 Å². The van der Waals surface area contributed by atoms with Gasteiger partial charge in [-0.05, 0) is 18.1 Å². The molecule has 112 valence electrons. The summed E-state index contributed by atoms with van der Waals surface area (Å²) in [6.07, 6.45) is -2.86. The Morgan fingerprint density at radius 1 is 1.29 bits per heavy atom. The first-order valence-electron chi connectivity index (χ1n) is 6.16. The Balaban J connectivity index is 1.84. The lowest BCUT2D eigenvalue weighted by Crippen LogP contribution is -2.16. The first kappa shape index (κ1) is 14.6. The molecular weight excluding hydrogens is 324 g/mol. The van der Waals surface area contributed by atoms with Gasteiger partial charge in [0.1, 0.15) is 10.7 Å². The summed E-state index contributed by atoms with van der Waals surface area (Å²) in [6.45, 7) is 0. The SMILES string of the molecule is Fc1cccc2c1SCCC2Nc1ncc(C(F)(F)F)s1. The molecular formula is C13H10F4N2S2. The zero-order chi connectivity index (χ0) is 15.0. The number of halogens is 4. The second-order valence-electron chi connectivity index (χ2n) is 4.52.